The van der Waals surface area contributed by atoms with Crippen molar-refractivity contribution in [3.63, 3.8) is 0 Å². The molecule has 0 rings (SSSR count). The van der Waals surface area contributed by atoms with Gasteiger partial charge < -0.3 is 20.5 Å². The van der Waals surface area contributed by atoms with E-state index in [2.05, 4.69) is 5.32 Å². The fourth-order valence-electron chi connectivity index (χ4n) is 0.912. The van der Waals surface area contributed by atoms with Gasteiger partial charge in [-0.2, -0.15) is 0 Å². The van der Waals surface area contributed by atoms with E-state index >= 15 is 0 Å². The summed E-state index contributed by atoms with van der Waals surface area (Å²) in [5.74, 6) is 0. The summed E-state index contributed by atoms with van der Waals surface area (Å²) in [6.45, 7) is 3.40. The van der Waals surface area contributed by atoms with Gasteiger partial charge in [0.1, 0.15) is 0 Å². The molecule has 1 unspecified atom stereocenters. The molecule has 0 amide bonds. The summed E-state index contributed by atoms with van der Waals surface area (Å²) < 4.78 is 10.1. The molecule has 0 aliphatic carbocycles. The van der Waals surface area contributed by atoms with E-state index in [1.165, 1.54) is 0 Å². The highest BCUT2D eigenvalue weighted by atomic mass is 16.7. The van der Waals surface area contributed by atoms with Gasteiger partial charge in [-0.25, -0.2) is 0 Å². The predicted molar refractivity (Wildman–Crippen MR) is 44.3 cm³/mol. The fourth-order valence-corrected chi connectivity index (χ4v) is 0.912. The lowest BCUT2D eigenvalue weighted by atomic mass is 10.3. The first-order valence-electron chi connectivity index (χ1n) is 3.75. The number of nitrogens with two attached hydrogens (primary N) is 1. The molecule has 0 heterocycles. The zero-order chi connectivity index (χ0) is 8.69. The number of hydrogen-bond donors (Lipinski definition) is 2. The van der Waals surface area contributed by atoms with Gasteiger partial charge in [-0.1, -0.05) is 0 Å². The van der Waals surface area contributed by atoms with Crippen LogP contribution < -0.4 is 11.1 Å². The molecule has 4 heteroatoms. The van der Waals surface area contributed by atoms with Crippen LogP contribution in [0.3, 0.4) is 0 Å². The van der Waals surface area contributed by atoms with Gasteiger partial charge in [0.15, 0.2) is 6.29 Å². The zero-order valence-electron chi connectivity index (χ0n) is 7.46. The second-order valence-electron chi connectivity index (χ2n) is 2.37. The van der Waals surface area contributed by atoms with E-state index in [0.717, 1.165) is 6.54 Å². The Balaban J connectivity index is 3.51. The Kier molecular flexibility index (Phi) is 6.45. The second kappa shape index (κ2) is 6.54. The van der Waals surface area contributed by atoms with E-state index in [9.17, 15) is 0 Å². The molecule has 0 saturated carbocycles. The number of methoxy groups -OCH3 is 2. The Morgan fingerprint density at radius 2 is 1.91 bits per heavy atom. The maximum atomic E-state index is 5.32. The SMILES string of the molecule is COC(OC)C(C)NCCN. The van der Waals surface area contributed by atoms with Crippen LogP contribution in [0.4, 0.5) is 0 Å². The van der Waals surface area contributed by atoms with Crippen molar-refractivity contribution >= 4 is 0 Å². The minimum absolute atomic E-state index is 0.175. The number of rotatable bonds is 6. The minimum atomic E-state index is -0.193. The summed E-state index contributed by atoms with van der Waals surface area (Å²) in [6.07, 6.45) is -0.193. The molecule has 0 bridgehead atoms. The lowest BCUT2D eigenvalue weighted by molar-refractivity contribution is -0.119. The first-order chi connectivity index (χ1) is 5.26. The highest BCUT2D eigenvalue weighted by Gasteiger charge is 2.13. The van der Waals surface area contributed by atoms with Crippen molar-refractivity contribution in [3.05, 3.63) is 0 Å². The summed E-state index contributed by atoms with van der Waals surface area (Å²) in [5, 5.41) is 3.16. The summed E-state index contributed by atoms with van der Waals surface area (Å²) in [4.78, 5) is 0. The molecule has 68 valence electrons. The van der Waals surface area contributed by atoms with Crippen LogP contribution in [-0.2, 0) is 9.47 Å². The maximum Gasteiger partial charge on any atom is 0.171 e. The molecule has 4 nitrogen and oxygen atoms in total. The smallest absolute Gasteiger partial charge is 0.171 e. The second-order valence-corrected chi connectivity index (χ2v) is 2.37. The highest BCUT2D eigenvalue weighted by Crippen LogP contribution is 1.96. The Hall–Kier alpha value is -0.160. The molecule has 0 aliphatic rings. The number of ether oxygens (including phenoxy) is 2. The van der Waals surface area contributed by atoms with E-state index in [-0.39, 0.29) is 12.3 Å². The maximum absolute atomic E-state index is 5.32. The first-order valence-corrected chi connectivity index (χ1v) is 3.75. The van der Waals surface area contributed by atoms with Crippen LogP contribution in [0.5, 0.6) is 0 Å². The first kappa shape index (κ1) is 10.8. The minimum Gasteiger partial charge on any atom is -0.354 e. The van der Waals surface area contributed by atoms with Crippen LogP contribution in [-0.4, -0.2) is 39.6 Å². The average molecular weight is 162 g/mol. The largest absolute Gasteiger partial charge is 0.354 e. The monoisotopic (exact) mass is 162 g/mol. The molecule has 0 saturated heterocycles. The van der Waals surface area contributed by atoms with Crippen molar-refractivity contribution in [1.29, 1.82) is 0 Å². The van der Waals surface area contributed by atoms with Crippen LogP contribution in [0.15, 0.2) is 0 Å². The molecule has 0 aromatic rings. The van der Waals surface area contributed by atoms with Crippen molar-refractivity contribution in [1.82, 2.24) is 5.32 Å². The van der Waals surface area contributed by atoms with E-state index in [1.807, 2.05) is 6.92 Å². The predicted octanol–water partition coefficient (Wildman–Crippen LogP) is -0.458. The van der Waals surface area contributed by atoms with Gasteiger partial charge in [0, 0.05) is 27.3 Å². The Bertz CT molecular complexity index is 86.5. The molecule has 0 fully saturated rings. The quantitative estimate of drug-likeness (QED) is 0.519. The third-order valence-electron chi connectivity index (χ3n) is 1.48. The van der Waals surface area contributed by atoms with Gasteiger partial charge in [-0.15, -0.1) is 0 Å². The van der Waals surface area contributed by atoms with Crippen molar-refractivity contribution in [3.8, 4) is 0 Å². The van der Waals surface area contributed by atoms with Gasteiger partial charge in [0.25, 0.3) is 0 Å². The number of nitrogens with one attached hydrogen (secondary N) is 1. The van der Waals surface area contributed by atoms with Gasteiger partial charge >= 0.3 is 0 Å². The molecular weight excluding hydrogens is 144 g/mol. The van der Waals surface area contributed by atoms with Crippen LogP contribution in [0.1, 0.15) is 6.92 Å². The highest BCUT2D eigenvalue weighted by molar-refractivity contribution is 4.63. The Morgan fingerprint density at radius 1 is 1.36 bits per heavy atom. The molecule has 0 radical (unpaired) electrons. The normalized spacial score (nSPS) is 13.9. The van der Waals surface area contributed by atoms with E-state index in [1.54, 1.807) is 14.2 Å². The molecule has 0 aliphatic heterocycles. The third-order valence-corrected chi connectivity index (χ3v) is 1.48. The molecule has 0 aromatic carbocycles. The summed E-state index contributed by atoms with van der Waals surface area (Å²) >= 11 is 0. The molecule has 0 aromatic heterocycles. The summed E-state index contributed by atoms with van der Waals surface area (Å²) in [6, 6.07) is 0.175. The third kappa shape index (κ3) is 4.31. The molecule has 3 N–H and O–H groups in total. The zero-order valence-corrected chi connectivity index (χ0v) is 7.46. The fraction of sp³-hybridized carbons (Fsp3) is 1.00. The van der Waals surface area contributed by atoms with Crippen molar-refractivity contribution in [2.45, 2.75) is 19.3 Å². The van der Waals surface area contributed by atoms with Crippen LogP contribution in [0.2, 0.25) is 0 Å². The standard InChI is InChI=1S/C7H18N2O2/c1-6(9-5-4-8)7(10-2)11-3/h6-7,9H,4-5,8H2,1-3H3. The summed E-state index contributed by atoms with van der Waals surface area (Å²) in [5.41, 5.74) is 5.32. The Labute approximate surface area is 68.0 Å². The molecule has 1 atom stereocenters. The van der Waals surface area contributed by atoms with Crippen molar-refractivity contribution < 1.29 is 9.47 Å². The topological polar surface area (TPSA) is 56.5 Å². The molecule has 0 spiro atoms. The summed E-state index contributed by atoms with van der Waals surface area (Å²) in [7, 11) is 3.24. The average Bonchev–Trinajstić information content (AvgIpc) is 2.03. The van der Waals surface area contributed by atoms with Crippen LogP contribution in [0.25, 0.3) is 0 Å². The van der Waals surface area contributed by atoms with E-state index < -0.39 is 0 Å². The van der Waals surface area contributed by atoms with Crippen LogP contribution in [0, 0.1) is 0 Å². The van der Waals surface area contributed by atoms with Gasteiger partial charge in [-0.3, -0.25) is 0 Å². The van der Waals surface area contributed by atoms with E-state index in [0.29, 0.717) is 6.54 Å². The van der Waals surface area contributed by atoms with Crippen LogP contribution >= 0.6 is 0 Å². The Morgan fingerprint density at radius 3 is 2.27 bits per heavy atom. The van der Waals surface area contributed by atoms with Gasteiger partial charge in [-0.05, 0) is 6.92 Å². The van der Waals surface area contributed by atoms with Crippen molar-refractivity contribution in [2.24, 2.45) is 5.73 Å². The van der Waals surface area contributed by atoms with E-state index in [4.69, 9.17) is 15.2 Å². The van der Waals surface area contributed by atoms with Crippen molar-refractivity contribution in [2.75, 3.05) is 27.3 Å². The lowest BCUT2D eigenvalue weighted by Crippen LogP contribution is -2.41. The molecule has 11 heavy (non-hydrogen) atoms. The number of hydrogen-bond acceptors (Lipinski definition) is 4. The van der Waals surface area contributed by atoms with Gasteiger partial charge in [0.2, 0.25) is 0 Å². The van der Waals surface area contributed by atoms with Gasteiger partial charge in [0.05, 0.1) is 6.04 Å². The lowest BCUT2D eigenvalue weighted by Gasteiger charge is -2.21. The molecular formula is C7H18N2O2.